The van der Waals surface area contributed by atoms with Gasteiger partial charge < -0.3 is 4.52 Å². The number of rotatable bonds is 2. The van der Waals surface area contributed by atoms with Crippen molar-refractivity contribution in [2.24, 2.45) is 0 Å². The van der Waals surface area contributed by atoms with Gasteiger partial charge in [0.15, 0.2) is 5.82 Å². The van der Waals surface area contributed by atoms with E-state index in [1.807, 2.05) is 0 Å². The van der Waals surface area contributed by atoms with Gasteiger partial charge in [0, 0.05) is 5.41 Å². The third-order valence-corrected chi connectivity index (χ3v) is 2.95. The minimum atomic E-state index is -0.0242. The van der Waals surface area contributed by atoms with Crippen molar-refractivity contribution in [1.29, 1.82) is 0 Å². The minimum absolute atomic E-state index is 0.0242. The molecule has 1 aliphatic rings. The topological polar surface area (TPSA) is 42.2 Å². The number of piperidine rings is 1. The van der Waals surface area contributed by atoms with Gasteiger partial charge in [-0.25, -0.2) is 0 Å². The highest BCUT2D eigenvalue weighted by Crippen LogP contribution is 2.19. The van der Waals surface area contributed by atoms with Crippen LogP contribution in [0.25, 0.3) is 0 Å². The summed E-state index contributed by atoms with van der Waals surface area (Å²) < 4.78 is 5.29. The first-order valence-corrected chi connectivity index (χ1v) is 6.11. The second-order valence-corrected chi connectivity index (χ2v) is 5.60. The van der Waals surface area contributed by atoms with Gasteiger partial charge in [-0.1, -0.05) is 32.3 Å². The Balaban J connectivity index is 1.97. The predicted molar refractivity (Wildman–Crippen MR) is 62.1 cm³/mol. The number of aromatic nitrogens is 2. The summed E-state index contributed by atoms with van der Waals surface area (Å²) in [6.07, 6.45) is 3.94. The molecule has 0 N–H and O–H groups in total. The summed E-state index contributed by atoms with van der Waals surface area (Å²) in [6, 6.07) is 0. The molecular weight excluding hydrogens is 202 g/mol. The lowest BCUT2D eigenvalue weighted by Crippen LogP contribution is -2.29. The Morgan fingerprint density at radius 2 is 1.88 bits per heavy atom. The number of hydrogen-bond acceptors (Lipinski definition) is 4. The van der Waals surface area contributed by atoms with E-state index in [-0.39, 0.29) is 5.41 Å². The second kappa shape index (κ2) is 4.53. The van der Waals surface area contributed by atoms with Gasteiger partial charge >= 0.3 is 0 Å². The van der Waals surface area contributed by atoms with Crippen LogP contribution < -0.4 is 0 Å². The molecule has 2 heterocycles. The molecule has 1 aromatic heterocycles. The normalized spacial score (nSPS) is 18.9. The smallest absolute Gasteiger partial charge is 0.240 e. The molecule has 0 amide bonds. The zero-order chi connectivity index (χ0) is 11.6. The SMILES string of the molecule is CC(C)(C)c1noc(CN2CCCCC2)n1. The Bertz CT molecular complexity index is 334. The van der Waals surface area contributed by atoms with Crippen molar-refractivity contribution in [3.05, 3.63) is 11.7 Å². The Labute approximate surface area is 97.0 Å². The van der Waals surface area contributed by atoms with Crippen molar-refractivity contribution in [2.45, 2.75) is 52.0 Å². The standard InChI is InChI=1S/C12H21N3O/c1-12(2,3)11-13-10(16-14-11)9-15-7-5-4-6-8-15/h4-9H2,1-3H3. The molecule has 1 saturated heterocycles. The summed E-state index contributed by atoms with van der Waals surface area (Å²) in [6.45, 7) is 9.43. The van der Waals surface area contributed by atoms with Crippen LogP contribution in [-0.4, -0.2) is 28.1 Å². The molecule has 0 saturated carbocycles. The lowest BCUT2D eigenvalue weighted by atomic mass is 9.96. The Hall–Kier alpha value is -0.900. The Kier molecular flexibility index (Phi) is 3.28. The van der Waals surface area contributed by atoms with Crippen LogP contribution >= 0.6 is 0 Å². The van der Waals surface area contributed by atoms with Gasteiger partial charge in [-0.15, -0.1) is 0 Å². The summed E-state index contributed by atoms with van der Waals surface area (Å²) in [4.78, 5) is 6.85. The van der Waals surface area contributed by atoms with Crippen LogP contribution in [0, 0.1) is 0 Å². The first-order chi connectivity index (χ1) is 7.55. The molecule has 1 aliphatic heterocycles. The molecule has 2 rings (SSSR count). The first kappa shape index (κ1) is 11.6. The first-order valence-electron chi connectivity index (χ1n) is 6.11. The highest BCUT2D eigenvalue weighted by atomic mass is 16.5. The molecule has 0 bridgehead atoms. The van der Waals surface area contributed by atoms with E-state index in [2.05, 4.69) is 35.8 Å². The third-order valence-electron chi connectivity index (χ3n) is 2.95. The minimum Gasteiger partial charge on any atom is -0.338 e. The van der Waals surface area contributed by atoms with Crippen LogP contribution in [0.3, 0.4) is 0 Å². The number of likely N-dealkylation sites (tertiary alicyclic amines) is 1. The van der Waals surface area contributed by atoms with Crippen LogP contribution in [0.15, 0.2) is 4.52 Å². The van der Waals surface area contributed by atoms with E-state index < -0.39 is 0 Å². The van der Waals surface area contributed by atoms with Crippen molar-refractivity contribution in [1.82, 2.24) is 15.0 Å². The molecule has 0 aromatic carbocycles. The molecule has 0 aliphatic carbocycles. The van der Waals surface area contributed by atoms with Crippen molar-refractivity contribution >= 4 is 0 Å². The lowest BCUT2D eigenvalue weighted by Gasteiger charge is -2.24. The molecule has 1 aromatic rings. The summed E-state index contributed by atoms with van der Waals surface area (Å²) in [5.74, 6) is 1.56. The molecule has 0 atom stereocenters. The third kappa shape index (κ3) is 2.82. The molecule has 16 heavy (non-hydrogen) atoms. The molecule has 0 radical (unpaired) electrons. The monoisotopic (exact) mass is 223 g/mol. The maximum absolute atomic E-state index is 5.29. The van der Waals surface area contributed by atoms with Gasteiger partial charge in [-0.3, -0.25) is 4.90 Å². The predicted octanol–water partition coefficient (Wildman–Crippen LogP) is 2.35. The molecule has 1 fully saturated rings. The van der Waals surface area contributed by atoms with E-state index in [1.54, 1.807) is 0 Å². The van der Waals surface area contributed by atoms with Gasteiger partial charge in [-0.05, 0) is 25.9 Å². The average molecular weight is 223 g/mol. The van der Waals surface area contributed by atoms with E-state index in [1.165, 1.54) is 19.3 Å². The van der Waals surface area contributed by atoms with Crippen molar-refractivity contribution < 1.29 is 4.52 Å². The highest BCUT2D eigenvalue weighted by molar-refractivity contribution is 4.99. The summed E-state index contributed by atoms with van der Waals surface area (Å²) in [5, 5.41) is 4.04. The number of hydrogen-bond donors (Lipinski definition) is 0. The molecule has 90 valence electrons. The van der Waals surface area contributed by atoms with Gasteiger partial charge in [-0.2, -0.15) is 4.98 Å². The maximum Gasteiger partial charge on any atom is 0.240 e. The quantitative estimate of drug-likeness (QED) is 0.772. The second-order valence-electron chi connectivity index (χ2n) is 5.60. The molecule has 0 unspecified atom stereocenters. The van der Waals surface area contributed by atoms with Crippen LogP contribution in [0.4, 0.5) is 0 Å². The van der Waals surface area contributed by atoms with Crippen molar-refractivity contribution in [3.8, 4) is 0 Å². The van der Waals surface area contributed by atoms with Gasteiger partial charge in [0.05, 0.1) is 6.54 Å². The Morgan fingerprint density at radius 3 is 2.44 bits per heavy atom. The van der Waals surface area contributed by atoms with E-state index in [9.17, 15) is 0 Å². The number of nitrogens with zero attached hydrogens (tertiary/aromatic N) is 3. The van der Waals surface area contributed by atoms with Gasteiger partial charge in [0.1, 0.15) is 0 Å². The fourth-order valence-corrected chi connectivity index (χ4v) is 1.93. The van der Waals surface area contributed by atoms with Crippen LogP contribution in [-0.2, 0) is 12.0 Å². The van der Waals surface area contributed by atoms with E-state index >= 15 is 0 Å². The summed E-state index contributed by atoms with van der Waals surface area (Å²) in [7, 11) is 0. The largest absolute Gasteiger partial charge is 0.338 e. The van der Waals surface area contributed by atoms with Crippen LogP contribution in [0.1, 0.15) is 51.7 Å². The molecule has 0 spiro atoms. The fourth-order valence-electron chi connectivity index (χ4n) is 1.93. The zero-order valence-corrected chi connectivity index (χ0v) is 10.5. The molecular formula is C12H21N3O. The van der Waals surface area contributed by atoms with Gasteiger partial charge in [0.25, 0.3) is 0 Å². The van der Waals surface area contributed by atoms with E-state index in [0.29, 0.717) is 0 Å². The van der Waals surface area contributed by atoms with Crippen LogP contribution in [0.2, 0.25) is 0 Å². The van der Waals surface area contributed by atoms with Crippen molar-refractivity contribution in [2.75, 3.05) is 13.1 Å². The van der Waals surface area contributed by atoms with Crippen LogP contribution in [0.5, 0.6) is 0 Å². The van der Waals surface area contributed by atoms with Crippen molar-refractivity contribution in [3.63, 3.8) is 0 Å². The Morgan fingerprint density at radius 1 is 1.19 bits per heavy atom. The summed E-state index contributed by atoms with van der Waals surface area (Å²) in [5.41, 5.74) is -0.0242. The molecule has 4 nitrogen and oxygen atoms in total. The summed E-state index contributed by atoms with van der Waals surface area (Å²) >= 11 is 0. The fraction of sp³-hybridized carbons (Fsp3) is 0.833. The van der Waals surface area contributed by atoms with E-state index in [4.69, 9.17) is 4.52 Å². The average Bonchev–Trinajstić information content (AvgIpc) is 2.67. The molecule has 4 heteroatoms. The highest BCUT2D eigenvalue weighted by Gasteiger charge is 2.22. The lowest BCUT2D eigenvalue weighted by molar-refractivity contribution is 0.193. The van der Waals surface area contributed by atoms with E-state index in [0.717, 1.165) is 31.3 Å². The zero-order valence-electron chi connectivity index (χ0n) is 10.5. The maximum atomic E-state index is 5.29. The van der Waals surface area contributed by atoms with Gasteiger partial charge in [0.2, 0.25) is 5.89 Å².